The van der Waals surface area contributed by atoms with Gasteiger partial charge in [-0.3, -0.25) is 4.79 Å². The monoisotopic (exact) mass is 208 g/mol. The van der Waals surface area contributed by atoms with Crippen molar-refractivity contribution in [3.8, 4) is 0 Å². The number of nitrogens with two attached hydrogens (primary N) is 1. The van der Waals surface area contributed by atoms with E-state index in [4.69, 9.17) is 10.2 Å². The summed E-state index contributed by atoms with van der Waals surface area (Å²) >= 11 is 0. The third-order valence-corrected chi connectivity index (χ3v) is 3.41. The fraction of sp³-hybridized carbons (Fsp3) is 0.833. The quantitative estimate of drug-likeness (QED) is 0.503. The minimum absolute atomic E-state index is 0.0984. The van der Waals surface area contributed by atoms with E-state index < -0.39 is 27.2 Å². The number of carboxylic acids is 1. The molecule has 0 aromatic heterocycles. The molecule has 0 spiro atoms. The second-order valence-electron chi connectivity index (χ2n) is 3.14. The molecule has 1 saturated heterocycles. The maximum atomic E-state index is 10.9. The minimum atomic E-state index is -3.62. The molecule has 4 N–H and O–H groups in total. The van der Waals surface area contributed by atoms with Gasteiger partial charge in [0.1, 0.15) is 0 Å². The Morgan fingerprint density at radius 3 is 2.54 bits per heavy atom. The Hall–Kier alpha value is -0.660. The molecule has 0 amide bonds. The van der Waals surface area contributed by atoms with Crippen LogP contribution in [0, 0.1) is 5.92 Å². The molecule has 2 atom stereocenters. The Kier molecular flexibility index (Phi) is 2.89. The molecule has 6 nitrogen and oxygen atoms in total. The van der Waals surface area contributed by atoms with E-state index in [2.05, 4.69) is 5.32 Å². The summed E-state index contributed by atoms with van der Waals surface area (Å²) in [7, 11) is -3.62. The van der Waals surface area contributed by atoms with Crippen LogP contribution in [0.25, 0.3) is 0 Å². The largest absolute Gasteiger partial charge is 0.481 e. The number of carbonyl (C=O) groups is 1. The van der Waals surface area contributed by atoms with Crippen molar-refractivity contribution < 1.29 is 18.3 Å². The Bertz CT molecular complexity index is 300. The summed E-state index contributed by atoms with van der Waals surface area (Å²) in [4.78, 5) is 10.6. The van der Waals surface area contributed by atoms with Gasteiger partial charge in [-0.1, -0.05) is 0 Å². The number of piperidine rings is 1. The minimum Gasteiger partial charge on any atom is -0.481 e. The van der Waals surface area contributed by atoms with Crippen LogP contribution in [0.1, 0.15) is 6.42 Å². The van der Waals surface area contributed by atoms with Gasteiger partial charge in [0, 0.05) is 13.1 Å². The zero-order valence-electron chi connectivity index (χ0n) is 6.93. The normalized spacial score (nSPS) is 29.9. The van der Waals surface area contributed by atoms with Gasteiger partial charge in [0.25, 0.3) is 0 Å². The lowest BCUT2D eigenvalue weighted by atomic mass is 10.00. The fourth-order valence-corrected chi connectivity index (χ4v) is 2.19. The summed E-state index contributed by atoms with van der Waals surface area (Å²) in [6.07, 6.45) is 0.0984. The zero-order valence-corrected chi connectivity index (χ0v) is 7.75. The molecule has 76 valence electrons. The van der Waals surface area contributed by atoms with Crippen LogP contribution < -0.4 is 10.5 Å². The van der Waals surface area contributed by atoms with Gasteiger partial charge in [0.15, 0.2) is 0 Å². The highest BCUT2D eigenvalue weighted by Gasteiger charge is 2.32. The van der Waals surface area contributed by atoms with Gasteiger partial charge in [-0.15, -0.1) is 0 Å². The summed E-state index contributed by atoms with van der Waals surface area (Å²) in [5.74, 6) is -1.64. The van der Waals surface area contributed by atoms with Crippen molar-refractivity contribution >= 4 is 16.0 Å². The molecule has 0 bridgehead atoms. The third kappa shape index (κ3) is 2.64. The maximum absolute atomic E-state index is 10.9. The van der Waals surface area contributed by atoms with Crippen molar-refractivity contribution in [2.75, 3.05) is 13.1 Å². The van der Waals surface area contributed by atoms with Crippen molar-refractivity contribution in [2.45, 2.75) is 11.7 Å². The lowest BCUT2D eigenvalue weighted by Crippen LogP contribution is -2.47. The van der Waals surface area contributed by atoms with E-state index in [0.717, 1.165) is 0 Å². The van der Waals surface area contributed by atoms with Crippen LogP contribution in [-0.4, -0.2) is 37.8 Å². The van der Waals surface area contributed by atoms with E-state index >= 15 is 0 Å². The average Bonchev–Trinajstić information content (AvgIpc) is 2.03. The number of hydrogen-bond acceptors (Lipinski definition) is 4. The molecule has 0 radical (unpaired) electrons. The fourth-order valence-electron chi connectivity index (χ4n) is 1.34. The Labute approximate surface area is 76.2 Å². The topological polar surface area (TPSA) is 109 Å². The van der Waals surface area contributed by atoms with Crippen LogP contribution in [0.3, 0.4) is 0 Å². The first-order valence-electron chi connectivity index (χ1n) is 3.86. The molecule has 0 aliphatic carbocycles. The van der Waals surface area contributed by atoms with Crippen molar-refractivity contribution in [1.29, 1.82) is 0 Å². The third-order valence-electron chi connectivity index (χ3n) is 2.12. The lowest BCUT2D eigenvalue weighted by molar-refractivity contribution is -0.142. The number of hydrogen-bond donors (Lipinski definition) is 3. The van der Waals surface area contributed by atoms with Gasteiger partial charge in [0.05, 0.1) is 11.2 Å². The van der Waals surface area contributed by atoms with Crippen molar-refractivity contribution in [3.63, 3.8) is 0 Å². The SMILES string of the molecule is NS(=O)(=O)C1CNCC(C(=O)O)C1. The molecule has 1 aliphatic heterocycles. The predicted octanol–water partition coefficient (Wildman–Crippen LogP) is -1.66. The number of aliphatic carboxylic acids is 1. The van der Waals surface area contributed by atoms with Crippen LogP contribution in [0.15, 0.2) is 0 Å². The number of nitrogens with one attached hydrogen (secondary N) is 1. The first-order valence-corrected chi connectivity index (χ1v) is 5.47. The highest BCUT2D eigenvalue weighted by atomic mass is 32.2. The molecule has 2 unspecified atom stereocenters. The highest BCUT2D eigenvalue weighted by Crippen LogP contribution is 2.15. The molecule has 1 fully saturated rings. The van der Waals surface area contributed by atoms with Crippen molar-refractivity contribution in [3.05, 3.63) is 0 Å². The molecule has 13 heavy (non-hydrogen) atoms. The summed E-state index contributed by atoms with van der Waals surface area (Å²) in [6, 6.07) is 0. The Balaban J connectivity index is 2.67. The van der Waals surface area contributed by atoms with Gasteiger partial charge in [0.2, 0.25) is 10.0 Å². The zero-order chi connectivity index (χ0) is 10.1. The van der Waals surface area contributed by atoms with Gasteiger partial charge in [-0.05, 0) is 6.42 Å². The first kappa shape index (κ1) is 10.4. The summed E-state index contributed by atoms with van der Waals surface area (Å²) in [5.41, 5.74) is 0. The van der Waals surface area contributed by atoms with E-state index in [9.17, 15) is 13.2 Å². The molecule has 0 aromatic rings. The van der Waals surface area contributed by atoms with Crippen LogP contribution in [0.4, 0.5) is 0 Å². The molecule has 7 heteroatoms. The maximum Gasteiger partial charge on any atom is 0.307 e. The predicted molar refractivity (Wildman–Crippen MR) is 45.5 cm³/mol. The van der Waals surface area contributed by atoms with E-state index in [1.807, 2.05) is 0 Å². The smallest absolute Gasteiger partial charge is 0.307 e. The number of sulfonamides is 1. The Morgan fingerprint density at radius 2 is 2.08 bits per heavy atom. The van der Waals surface area contributed by atoms with E-state index in [0.29, 0.717) is 6.54 Å². The van der Waals surface area contributed by atoms with E-state index in [1.165, 1.54) is 0 Å². The van der Waals surface area contributed by atoms with Gasteiger partial charge in [-0.2, -0.15) is 0 Å². The standard InChI is InChI=1S/C6H12N2O4S/c7-13(11,12)5-1-4(6(9)10)2-8-3-5/h4-5,8H,1-3H2,(H,9,10)(H2,7,11,12). The molecule has 1 heterocycles. The molecular formula is C6H12N2O4S. The van der Waals surface area contributed by atoms with Crippen LogP contribution in [-0.2, 0) is 14.8 Å². The lowest BCUT2D eigenvalue weighted by Gasteiger charge is -2.25. The van der Waals surface area contributed by atoms with Gasteiger partial charge in [-0.25, -0.2) is 13.6 Å². The Morgan fingerprint density at radius 1 is 1.46 bits per heavy atom. The van der Waals surface area contributed by atoms with Crippen molar-refractivity contribution in [1.82, 2.24) is 5.32 Å². The number of rotatable bonds is 2. The van der Waals surface area contributed by atoms with E-state index in [1.54, 1.807) is 0 Å². The van der Waals surface area contributed by atoms with Crippen LogP contribution in [0.2, 0.25) is 0 Å². The number of primary sulfonamides is 1. The molecule has 0 aromatic carbocycles. The second-order valence-corrected chi connectivity index (χ2v) is 4.98. The van der Waals surface area contributed by atoms with Crippen molar-refractivity contribution in [2.24, 2.45) is 11.1 Å². The van der Waals surface area contributed by atoms with E-state index in [-0.39, 0.29) is 13.0 Å². The average molecular weight is 208 g/mol. The van der Waals surface area contributed by atoms with Gasteiger partial charge >= 0.3 is 5.97 Å². The summed E-state index contributed by atoms with van der Waals surface area (Å²) < 4.78 is 21.8. The van der Waals surface area contributed by atoms with Gasteiger partial charge < -0.3 is 10.4 Å². The van der Waals surface area contributed by atoms with Crippen LogP contribution in [0.5, 0.6) is 0 Å². The molecule has 0 saturated carbocycles. The molecular weight excluding hydrogens is 196 g/mol. The van der Waals surface area contributed by atoms with Crippen LogP contribution >= 0.6 is 0 Å². The first-order chi connectivity index (χ1) is 5.91. The second kappa shape index (κ2) is 3.60. The molecule has 1 aliphatic rings. The highest BCUT2D eigenvalue weighted by molar-refractivity contribution is 7.89. The molecule has 1 rings (SSSR count). The summed E-state index contributed by atoms with van der Waals surface area (Å²) in [5, 5.41) is 15.5. The number of carboxylic acid groups (broad SMARTS) is 1. The summed E-state index contributed by atoms with van der Waals surface area (Å²) in [6.45, 7) is 0.546.